The van der Waals surface area contributed by atoms with E-state index in [1.54, 1.807) is 10.8 Å². The zero-order valence-corrected chi connectivity index (χ0v) is 21.5. The van der Waals surface area contributed by atoms with Crippen LogP contribution in [-0.2, 0) is 6.61 Å². The van der Waals surface area contributed by atoms with Gasteiger partial charge in [-0.25, -0.2) is 9.97 Å². The van der Waals surface area contributed by atoms with E-state index in [4.69, 9.17) is 9.72 Å². The number of pyridine rings is 2. The van der Waals surface area contributed by atoms with Crippen molar-refractivity contribution in [3.8, 4) is 22.8 Å². The molecule has 1 aromatic carbocycles. The molecule has 6 heteroatoms. The minimum Gasteiger partial charge on any atom is -0.488 e. The molecule has 0 N–H and O–H groups in total. The fourth-order valence-electron chi connectivity index (χ4n) is 4.08. The van der Waals surface area contributed by atoms with Crippen molar-refractivity contribution in [3.63, 3.8) is 0 Å². The van der Waals surface area contributed by atoms with Gasteiger partial charge < -0.3 is 4.74 Å². The van der Waals surface area contributed by atoms with Gasteiger partial charge in [0.15, 0.2) is 0 Å². The summed E-state index contributed by atoms with van der Waals surface area (Å²) in [6.07, 6.45) is 3.63. The Bertz CT molecular complexity index is 1450. The molecular weight excluding hydrogens is 436 g/mol. The second kappa shape index (κ2) is 9.82. The molecule has 0 aliphatic heterocycles. The molecule has 0 radical (unpaired) electrons. The maximum absolute atomic E-state index is 13.5. The van der Waals surface area contributed by atoms with Crippen molar-refractivity contribution in [2.24, 2.45) is 0 Å². The van der Waals surface area contributed by atoms with Crippen molar-refractivity contribution >= 4 is 0 Å². The Morgan fingerprint density at radius 1 is 0.943 bits per heavy atom. The van der Waals surface area contributed by atoms with Crippen LogP contribution < -0.4 is 10.3 Å². The smallest absolute Gasteiger partial charge is 0.261 e. The molecule has 0 spiro atoms. The maximum Gasteiger partial charge on any atom is 0.261 e. The summed E-state index contributed by atoms with van der Waals surface area (Å²) in [7, 11) is 0. The summed E-state index contributed by atoms with van der Waals surface area (Å²) in [5.74, 6) is 1.58. The summed E-state index contributed by atoms with van der Waals surface area (Å²) in [5, 5.41) is 0. The van der Waals surface area contributed by atoms with Gasteiger partial charge in [-0.3, -0.25) is 14.3 Å². The number of nitrogens with zero attached hydrogens (tertiary/aromatic N) is 4. The predicted molar refractivity (Wildman–Crippen MR) is 139 cm³/mol. The molecule has 35 heavy (non-hydrogen) atoms. The molecule has 0 aliphatic carbocycles. The van der Waals surface area contributed by atoms with Crippen LogP contribution in [0.25, 0.3) is 17.1 Å². The maximum atomic E-state index is 13.5. The molecule has 180 valence electrons. The van der Waals surface area contributed by atoms with Crippen LogP contribution in [0, 0.1) is 34.6 Å². The Hall–Kier alpha value is -3.80. The van der Waals surface area contributed by atoms with Crippen LogP contribution in [0.5, 0.6) is 5.75 Å². The monoisotopic (exact) mass is 468 g/mol. The molecule has 4 aromatic rings. The lowest BCUT2D eigenvalue weighted by Gasteiger charge is -2.18. The van der Waals surface area contributed by atoms with E-state index in [1.807, 2.05) is 58.2 Å². The number of rotatable bonds is 6. The van der Waals surface area contributed by atoms with Crippen LogP contribution >= 0.6 is 0 Å². The summed E-state index contributed by atoms with van der Waals surface area (Å²) in [4.78, 5) is 27.4. The number of aromatic nitrogens is 4. The number of aryl methyl sites for hydroxylation is 4. The molecule has 0 saturated heterocycles. The Labute approximate surface area is 206 Å². The summed E-state index contributed by atoms with van der Waals surface area (Å²) in [6, 6.07) is 12.0. The first kappa shape index (κ1) is 24.3. The fraction of sp³-hybridized carbons (Fsp3) is 0.310. The van der Waals surface area contributed by atoms with Crippen LogP contribution in [0.15, 0.2) is 53.6 Å². The first-order valence-electron chi connectivity index (χ1n) is 11.9. The molecule has 0 unspecified atom stereocenters. The normalized spacial score (nSPS) is 11.2. The third-order valence-electron chi connectivity index (χ3n) is 6.13. The van der Waals surface area contributed by atoms with Crippen molar-refractivity contribution in [1.29, 1.82) is 0 Å². The molecule has 3 heterocycles. The van der Waals surface area contributed by atoms with E-state index in [1.165, 1.54) is 5.56 Å². The van der Waals surface area contributed by atoms with Gasteiger partial charge in [0.1, 0.15) is 18.2 Å². The summed E-state index contributed by atoms with van der Waals surface area (Å²) >= 11 is 0. The van der Waals surface area contributed by atoms with E-state index < -0.39 is 0 Å². The van der Waals surface area contributed by atoms with Gasteiger partial charge in [-0.1, -0.05) is 43.7 Å². The molecule has 4 rings (SSSR count). The quantitative estimate of drug-likeness (QED) is 0.351. The molecule has 6 nitrogen and oxygen atoms in total. The third-order valence-corrected chi connectivity index (χ3v) is 6.13. The molecule has 0 bridgehead atoms. The first-order valence-corrected chi connectivity index (χ1v) is 11.9. The molecule has 0 aliphatic rings. The van der Waals surface area contributed by atoms with Gasteiger partial charge in [0, 0.05) is 30.1 Å². The molecular formula is C29H32N4O2. The van der Waals surface area contributed by atoms with Crippen LogP contribution in [0.4, 0.5) is 0 Å². The summed E-state index contributed by atoms with van der Waals surface area (Å²) in [6.45, 7) is 14.3. The second-order valence-electron chi connectivity index (χ2n) is 9.46. The van der Waals surface area contributed by atoms with Crippen molar-refractivity contribution in [1.82, 2.24) is 19.5 Å². The SMILES string of the molecule is Cc1cccc(COc2cc(C)n(-c3cc(-c4nc(C(C)C)ncc4C)ncc3C)c(=O)c2C)c1. The fourth-order valence-corrected chi connectivity index (χ4v) is 4.08. The Morgan fingerprint density at radius 3 is 2.40 bits per heavy atom. The van der Waals surface area contributed by atoms with Crippen molar-refractivity contribution in [3.05, 3.63) is 98.5 Å². The van der Waals surface area contributed by atoms with Crippen molar-refractivity contribution < 1.29 is 4.74 Å². The number of hydrogen-bond donors (Lipinski definition) is 0. The topological polar surface area (TPSA) is 69.9 Å². The lowest BCUT2D eigenvalue weighted by Crippen LogP contribution is -2.24. The molecule has 3 aromatic heterocycles. The van der Waals surface area contributed by atoms with E-state index in [0.29, 0.717) is 17.9 Å². The van der Waals surface area contributed by atoms with Gasteiger partial charge in [-0.2, -0.15) is 0 Å². The predicted octanol–water partition coefficient (Wildman–Crippen LogP) is 5.93. The van der Waals surface area contributed by atoms with Gasteiger partial charge in [0.2, 0.25) is 0 Å². The largest absolute Gasteiger partial charge is 0.488 e. The van der Waals surface area contributed by atoms with Crippen LogP contribution in [0.3, 0.4) is 0 Å². The Morgan fingerprint density at radius 2 is 1.69 bits per heavy atom. The minimum absolute atomic E-state index is 0.105. The number of benzene rings is 1. The Kier molecular flexibility index (Phi) is 6.83. The number of ether oxygens (including phenoxy) is 1. The van der Waals surface area contributed by atoms with E-state index in [-0.39, 0.29) is 11.5 Å². The van der Waals surface area contributed by atoms with Crippen molar-refractivity contribution in [2.45, 2.75) is 61.0 Å². The standard InChI is InChI=1S/C29H32N4O2/c1-17(2)28-31-15-20(5)27(32-28)24-13-25(19(4)14-30-24)33-21(6)12-26(22(7)29(33)34)35-16-23-10-8-9-18(3)11-23/h8-15,17H,16H2,1-7H3. The minimum atomic E-state index is -0.105. The van der Waals surface area contributed by atoms with Gasteiger partial charge in [0.05, 0.1) is 22.6 Å². The van der Waals surface area contributed by atoms with Gasteiger partial charge in [0.25, 0.3) is 5.56 Å². The molecule has 0 saturated carbocycles. The highest BCUT2D eigenvalue weighted by molar-refractivity contribution is 5.62. The van der Waals surface area contributed by atoms with Gasteiger partial charge in [-0.15, -0.1) is 0 Å². The van der Waals surface area contributed by atoms with E-state index in [2.05, 4.69) is 42.9 Å². The lowest BCUT2D eigenvalue weighted by molar-refractivity contribution is 0.302. The average molecular weight is 469 g/mol. The first-order chi connectivity index (χ1) is 16.7. The van der Waals surface area contributed by atoms with E-state index in [0.717, 1.165) is 45.3 Å². The lowest BCUT2D eigenvalue weighted by atomic mass is 10.1. The molecule has 0 atom stereocenters. The van der Waals surface area contributed by atoms with E-state index >= 15 is 0 Å². The van der Waals surface area contributed by atoms with Crippen LogP contribution in [-0.4, -0.2) is 19.5 Å². The highest BCUT2D eigenvalue weighted by Gasteiger charge is 2.17. The van der Waals surface area contributed by atoms with Crippen LogP contribution in [0.1, 0.15) is 59.1 Å². The second-order valence-corrected chi connectivity index (χ2v) is 9.46. The van der Waals surface area contributed by atoms with Crippen molar-refractivity contribution in [2.75, 3.05) is 0 Å². The highest BCUT2D eigenvalue weighted by Crippen LogP contribution is 2.26. The summed E-state index contributed by atoms with van der Waals surface area (Å²) in [5.41, 5.74) is 7.64. The van der Waals surface area contributed by atoms with Gasteiger partial charge >= 0.3 is 0 Å². The summed E-state index contributed by atoms with van der Waals surface area (Å²) < 4.78 is 7.79. The van der Waals surface area contributed by atoms with Crippen LogP contribution in [0.2, 0.25) is 0 Å². The average Bonchev–Trinajstić information content (AvgIpc) is 2.82. The molecule has 0 fully saturated rings. The Balaban J connectivity index is 1.75. The van der Waals surface area contributed by atoms with Gasteiger partial charge in [-0.05, 0) is 57.4 Å². The van der Waals surface area contributed by atoms with E-state index in [9.17, 15) is 4.79 Å². The third kappa shape index (κ3) is 5.02. The molecule has 0 amide bonds. The zero-order chi connectivity index (χ0) is 25.3. The zero-order valence-electron chi connectivity index (χ0n) is 21.5. The highest BCUT2D eigenvalue weighted by atomic mass is 16.5. The number of hydrogen-bond acceptors (Lipinski definition) is 5.